The Balaban J connectivity index is 1.90. The summed E-state index contributed by atoms with van der Waals surface area (Å²) in [7, 11) is 0. The molecule has 1 heterocycles. The summed E-state index contributed by atoms with van der Waals surface area (Å²) in [5, 5.41) is 5.98. The molecule has 0 fully saturated rings. The van der Waals surface area contributed by atoms with Gasteiger partial charge in [0.05, 0.1) is 10.7 Å². The van der Waals surface area contributed by atoms with Crippen LogP contribution in [-0.2, 0) is 11.2 Å². The van der Waals surface area contributed by atoms with E-state index in [0.717, 1.165) is 26.4 Å². The van der Waals surface area contributed by atoms with Crippen LogP contribution in [0.4, 0.5) is 5.69 Å². The predicted molar refractivity (Wildman–Crippen MR) is 82.7 cm³/mol. The van der Waals surface area contributed by atoms with Crippen molar-refractivity contribution in [1.29, 1.82) is 0 Å². The number of amides is 1. The lowest BCUT2D eigenvalue weighted by Crippen LogP contribution is -2.13. The van der Waals surface area contributed by atoms with E-state index in [0.29, 0.717) is 12.8 Å². The molecule has 1 aromatic heterocycles. The summed E-state index contributed by atoms with van der Waals surface area (Å²) in [6, 6.07) is 5.82. The SMILES string of the molecule is Cc1nc(CCC(=O)Nc2ccc(Br)cc2C)cs1. The fourth-order valence-electron chi connectivity index (χ4n) is 1.74. The van der Waals surface area contributed by atoms with Crippen LogP contribution in [0.5, 0.6) is 0 Å². The lowest BCUT2D eigenvalue weighted by Gasteiger charge is -2.08. The first-order chi connectivity index (χ1) is 9.04. The minimum absolute atomic E-state index is 0.0241. The van der Waals surface area contributed by atoms with Gasteiger partial charge in [0.25, 0.3) is 0 Å². The van der Waals surface area contributed by atoms with Crippen molar-refractivity contribution in [2.75, 3.05) is 5.32 Å². The summed E-state index contributed by atoms with van der Waals surface area (Å²) in [4.78, 5) is 16.2. The molecule has 0 aliphatic rings. The summed E-state index contributed by atoms with van der Waals surface area (Å²) in [5.41, 5.74) is 2.90. The van der Waals surface area contributed by atoms with Gasteiger partial charge >= 0.3 is 0 Å². The second kappa shape index (κ2) is 6.30. The number of aryl methyl sites for hydroxylation is 3. The molecule has 1 amide bonds. The largest absolute Gasteiger partial charge is 0.326 e. The molecule has 0 saturated heterocycles. The number of halogens is 1. The molecule has 0 aliphatic heterocycles. The summed E-state index contributed by atoms with van der Waals surface area (Å²) in [6.45, 7) is 3.95. The second-order valence-electron chi connectivity index (χ2n) is 4.37. The van der Waals surface area contributed by atoms with Gasteiger partial charge in [-0.1, -0.05) is 15.9 Å². The van der Waals surface area contributed by atoms with Crippen LogP contribution in [0.3, 0.4) is 0 Å². The van der Waals surface area contributed by atoms with Crippen molar-refractivity contribution in [3.63, 3.8) is 0 Å². The van der Waals surface area contributed by atoms with Crippen molar-refractivity contribution >= 4 is 38.9 Å². The highest BCUT2D eigenvalue weighted by Gasteiger charge is 2.07. The Morgan fingerprint density at radius 3 is 2.84 bits per heavy atom. The second-order valence-corrected chi connectivity index (χ2v) is 6.34. The predicted octanol–water partition coefficient (Wildman–Crippen LogP) is 4.09. The molecular weight excluding hydrogens is 324 g/mol. The van der Waals surface area contributed by atoms with Gasteiger partial charge in [-0.3, -0.25) is 4.79 Å². The standard InChI is InChI=1S/C14H15BrN2OS/c1-9-7-11(15)3-5-13(9)17-14(18)6-4-12-8-19-10(2)16-12/h3,5,7-8H,4,6H2,1-2H3,(H,17,18). The Morgan fingerprint density at radius 2 is 2.21 bits per heavy atom. The van der Waals surface area contributed by atoms with E-state index in [4.69, 9.17) is 0 Å². The Labute approximate surface area is 125 Å². The number of carbonyl (C=O) groups excluding carboxylic acids is 1. The fourth-order valence-corrected chi connectivity index (χ4v) is 2.87. The van der Waals surface area contributed by atoms with E-state index in [2.05, 4.69) is 26.2 Å². The molecule has 2 rings (SSSR count). The van der Waals surface area contributed by atoms with Gasteiger partial charge in [-0.25, -0.2) is 4.98 Å². The zero-order valence-electron chi connectivity index (χ0n) is 10.9. The molecule has 0 bridgehead atoms. The van der Waals surface area contributed by atoms with Crippen molar-refractivity contribution in [3.05, 3.63) is 44.3 Å². The molecule has 0 atom stereocenters. The van der Waals surface area contributed by atoms with Gasteiger partial charge in [0, 0.05) is 22.0 Å². The summed E-state index contributed by atoms with van der Waals surface area (Å²) in [6.07, 6.45) is 1.14. The number of anilines is 1. The van der Waals surface area contributed by atoms with Gasteiger partial charge in [0.15, 0.2) is 0 Å². The van der Waals surface area contributed by atoms with Crippen molar-refractivity contribution in [2.45, 2.75) is 26.7 Å². The number of nitrogens with one attached hydrogen (secondary N) is 1. The van der Waals surface area contributed by atoms with Gasteiger partial charge in [0.1, 0.15) is 0 Å². The van der Waals surface area contributed by atoms with Crippen molar-refractivity contribution in [2.24, 2.45) is 0 Å². The molecule has 2 aromatic rings. The van der Waals surface area contributed by atoms with Crippen molar-refractivity contribution in [3.8, 4) is 0 Å². The molecule has 19 heavy (non-hydrogen) atoms. The molecule has 0 radical (unpaired) electrons. The summed E-state index contributed by atoms with van der Waals surface area (Å²) in [5.74, 6) is 0.0241. The normalized spacial score (nSPS) is 10.5. The van der Waals surface area contributed by atoms with Gasteiger partial charge in [-0.05, 0) is 44.0 Å². The Morgan fingerprint density at radius 1 is 1.42 bits per heavy atom. The molecule has 0 saturated carbocycles. The van der Waals surface area contributed by atoms with Crippen LogP contribution in [0.1, 0.15) is 22.7 Å². The fraction of sp³-hybridized carbons (Fsp3) is 0.286. The first kappa shape index (κ1) is 14.2. The zero-order valence-corrected chi connectivity index (χ0v) is 13.3. The smallest absolute Gasteiger partial charge is 0.224 e. The third-order valence-electron chi connectivity index (χ3n) is 2.74. The number of carbonyl (C=O) groups is 1. The minimum Gasteiger partial charge on any atom is -0.326 e. The van der Waals surface area contributed by atoms with E-state index < -0.39 is 0 Å². The minimum atomic E-state index is 0.0241. The average molecular weight is 339 g/mol. The first-order valence-corrected chi connectivity index (χ1v) is 7.69. The van der Waals surface area contributed by atoms with E-state index in [1.165, 1.54) is 0 Å². The van der Waals surface area contributed by atoms with Crippen LogP contribution >= 0.6 is 27.3 Å². The lowest BCUT2D eigenvalue weighted by atomic mass is 10.2. The highest BCUT2D eigenvalue weighted by molar-refractivity contribution is 9.10. The molecular formula is C14H15BrN2OS. The highest BCUT2D eigenvalue weighted by Crippen LogP contribution is 2.20. The van der Waals surface area contributed by atoms with Crippen molar-refractivity contribution in [1.82, 2.24) is 4.98 Å². The molecule has 100 valence electrons. The van der Waals surface area contributed by atoms with Crippen LogP contribution in [0.2, 0.25) is 0 Å². The molecule has 5 heteroatoms. The van der Waals surface area contributed by atoms with Gasteiger partial charge < -0.3 is 5.32 Å². The maximum Gasteiger partial charge on any atom is 0.224 e. The van der Waals surface area contributed by atoms with E-state index >= 15 is 0 Å². The van der Waals surface area contributed by atoms with Crippen molar-refractivity contribution < 1.29 is 4.79 Å². The summed E-state index contributed by atoms with van der Waals surface area (Å²) >= 11 is 5.02. The number of rotatable bonds is 4. The van der Waals surface area contributed by atoms with Crippen LogP contribution in [-0.4, -0.2) is 10.9 Å². The number of thiazole rings is 1. The lowest BCUT2D eigenvalue weighted by molar-refractivity contribution is -0.116. The van der Waals surface area contributed by atoms with Gasteiger partial charge in [0.2, 0.25) is 5.91 Å². The number of hydrogen-bond acceptors (Lipinski definition) is 3. The summed E-state index contributed by atoms with van der Waals surface area (Å²) < 4.78 is 1.01. The molecule has 0 aliphatic carbocycles. The zero-order chi connectivity index (χ0) is 13.8. The first-order valence-electron chi connectivity index (χ1n) is 6.01. The van der Waals surface area contributed by atoms with E-state index in [-0.39, 0.29) is 5.91 Å². The highest BCUT2D eigenvalue weighted by atomic mass is 79.9. The number of aromatic nitrogens is 1. The molecule has 1 N–H and O–H groups in total. The molecule has 1 aromatic carbocycles. The average Bonchev–Trinajstić information content (AvgIpc) is 2.76. The number of nitrogens with zero attached hydrogens (tertiary/aromatic N) is 1. The topological polar surface area (TPSA) is 42.0 Å². The van der Waals surface area contributed by atoms with Crippen LogP contribution in [0, 0.1) is 13.8 Å². The third-order valence-corrected chi connectivity index (χ3v) is 4.05. The number of benzene rings is 1. The monoisotopic (exact) mass is 338 g/mol. The number of hydrogen-bond donors (Lipinski definition) is 1. The molecule has 0 spiro atoms. The van der Waals surface area contributed by atoms with Gasteiger partial charge in [-0.15, -0.1) is 11.3 Å². The Hall–Kier alpha value is -1.20. The Bertz CT molecular complexity index is 595. The van der Waals surface area contributed by atoms with E-state index in [1.807, 2.05) is 37.4 Å². The van der Waals surface area contributed by atoms with E-state index in [9.17, 15) is 4.79 Å². The maximum absolute atomic E-state index is 11.9. The van der Waals surface area contributed by atoms with Crippen LogP contribution < -0.4 is 5.32 Å². The Kier molecular flexibility index (Phi) is 4.71. The quantitative estimate of drug-likeness (QED) is 0.911. The maximum atomic E-state index is 11.9. The molecule has 3 nitrogen and oxygen atoms in total. The van der Waals surface area contributed by atoms with E-state index in [1.54, 1.807) is 11.3 Å². The van der Waals surface area contributed by atoms with Gasteiger partial charge in [-0.2, -0.15) is 0 Å². The molecule has 0 unspecified atom stereocenters. The third kappa shape index (κ3) is 4.14. The van der Waals surface area contributed by atoms with Crippen LogP contribution in [0.15, 0.2) is 28.1 Å². The van der Waals surface area contributed by atoms with Crippen LogP contribution in [0.25, 0.3) is 0 Å².